The number of esters is 1. The van der Waals surface area contributed by atoms with Gasteiger partial charge in [0.05, 0.1) is 11.1 Å². The van der Waals surface area contributed by atoms with Crippen LogP contribution in [0.5, 0.6) is 0 Å². The van der Waals surface area contributed by atoms with Gasteiger partial charge >= 0.3 is 5.97 Å². The van der Waals surface area contributed by atoms with E-state index in [1.165, 1.54) is 43.0 Å². The number of nitriles is 1. The van der Waals surface area contributed by atoms with Crippen molar-refractivity contribution >= 4 is 35.2 Å². The van der Waals surface area contributed by atoms with E-state index in [2.05, 4.69) is 11.4 Å². The van der Waals surface area contributed by atoms with Gasteiger partial charge in [-0.1, -0.05) is 36.0 Å². The van der Waals surface area contributed by atoms with Gasteiger partial charge in [-0.15, -0.1) is 0 Å². The summed E-state index contributed by atoms with van der Waals surface area (Å²) in [5.74, 6) is -1.75. The second kappa shape index (κ2) is 10.3. The van der Waals surface area contributed by atoms with Crippen LogP contribution in [0.15, 0.2) is 82.6 Å². The van der Waals surface area contributed by atoms with Crippen LogP contribution >= 0.6 is 11.8 Å². The standard InChI is InChI=1S/C24H19N3O4S/c1-15(23(29)27-18-12-10-16(11-13-18)22(26)28)31-24(30)19-7-3-5-9-21(19)32-20-8-4-2-6-17(20)14-25/h2-13,15H,1H3,(H2,26,28)(H,27,29). The molecule has 0 bridgehead atoms. The van der Waals surface area contributed by atoms with E-state index in [9.17, 15) is 19.6 Å². The van der Waals surface area contributed by atoms with Crippen LogP contribution in [0.2, 0.25) is 0 Å². The third kappa shape index (κ3) is 5.53. The molecule has 3 aromatic rings. The van der Waals surface area contributed by atoms with E-state index in [-0.39, 0.29) is 5.56 Å². The quantitative estimate of drug-likeness (QED) is 0.530. The Morgan fingerprint density at radius 2 is 1.59 bits per heavy atom. The second-order valence-corrected chi connectivity index (χ2v) is 7.77. The van der Waals surface area contributed by atoms with Crippen molar-refractivity contribution in [2.24, 2.45) is 5.73 Å². The van der Waals surface area contributed by atoms with Crippen molar-refractivity contribution in [2.45, 2.75) is 22.8 Å². The molecule has 0 aliphatic rings. The molecule has 0 aliphatic heterocycles. The van der Waals surface area contributed by atoms with Gasteiger partial charge in [-0.2, -0.15) is 5.26 Å². The Morgan fingerprint density at radius 3 is 2.25 bits per heavy atom. The molecule has 0 spiro atoms. The molecule has 3 aromatic carbocycles. The molecule has 0 radical (unpaired) electrons. The number of anilines is 1. The summed E-state index contributed by atoms with van der Waals surface area (Å²) in [5, 5.41) is 11.9. The van der Waals surface area contributed by atoms with Crippen LogP contribution in [0, 0.1) is 11.3 Å². The molecule has 7 nitrogen and oxygen atoms in total. The molecule has 8 heteroatoms. The van der Waals surface area contributed by atoms with Crippen LogP contribution in [0.1, 0.15) is 33.2 Å². The monoisotopic (exact) mass is 445 g/mol. The normalized spacial score (nSPS) is 11.1. The van der Waals surface area contributed by atoms with Gasteiger partial charge in [0.25, 0.3) is 5.91 Å². The second-order valence-electron chi connectivity index (χ2n) is 6.68. The maximum Gasteiger partial charge on any atom is 0.340 e. The molecule has 32 heavy (non-hydrogen) atoms. The van der Waals surface area contributed by atoms with Crippen LogP contribution in [-0.4, -0.2) is 23.9 Å². The lowest BCUT2D eigenvalue weighted by Crippen LogP contribution is -2.30. The van der Waals surface area contributed by atoms with Gasteiger partial charge in [-0.05, 0) is 55.5 Å². The van der Waals surface area contributed by atoms with Gasteiger partial charge < -0.3 is 15.8 Å². The SMILES string of the molecule is CC(OC(=O)c1ccccc1Sc1ccccc1C#N)C(=O)Nc1ccc(C(N)=O)cc1. The van der Waals surface area contributed by atoms with Crippen molar-refractivity contribution in [1.82, 2.24) is 0 Å². The van der Waals surface area contributed by atoms with Gasteiger partial charge in [-0.3, -0.25) is 9.59 Å². The summed E-state index contributed by atoms with van der Waals surface area (Å²) in [5.41, 5.74) is 6.73. The number of carbonyl (C=O) groups excluding carboxylic acids is 3. The lowest BCUT2D eigenvalue weighted by atomic mass is 10.2. The van der Waals surface area contributed by atoms with E-state index in [0.717, 1.165) is 0 Å². The first-order valence-corrected chi connectivity index (χ1v) is 10.4. The Morgan fingerprint density at radius 1 is 0.969 bits per heavy atom. The zero-order chi connectivity index (χ0) is 23.1. The molecule has 0 aliphatic carbocycles. The summed E-state index contributed by atoms with van der Waals surface area (Å²) in [6, 6.07) is 22.1. The number of ether oxygens (including phenoxy) is 1. The molecular weight excluding hydrogens is 426 g/mol. The van der Waals surface area contributed by atoms with E-state index < -0.39 is 23.9 Å². The largest absolute Gasteiger partial charge is 0.449 e. The number of hydrogen-bond donors (Lipinski definition) is 2. The summed E-state index contributed by atoms with van der Waals surface area (Å²) in [6.07, 6.45) is -1.07. The number of primary amides is 1. The Labute approximate surface area is 189 Å². The highest BCUT2D eigenvalue weighted by molar-refractivity contribution is 7.99. The molecule has 2 amide bonds. The molecule has 0 saturated carbocycles. The average Bonchev–Trinajstić information content (AvgIpc) is 2.80. The third-order valence-corrected chi connectivity index (χ3v) is 5.58. The topological polar surface area (TPSA) is 122 Å². The number of rotatable bonds is 7. The zero-order valence-corrected chi connectivity index (χ0v) is 17.9. The van der Waals surface area contributed by atoms with E-state index >= 15 is 0 Å². The van der Waals surface area contributed by atoms with Crippen LogP contribution < -0.4 is 11.1 Å². The zero-order valence-electron chi connectivity index (χ0n) is 17.1. The van der Waals surface area contributed by atoms with Gasteiger partial charge in [0.15, 0.2) is 6.10 Å². The van der Waals surface area contributed by atoms with Crippen LogP contribution in [0.4, 0.5) is 5.69 Å². The lowest BCUT2D eigenvalue weighted by molar-refractivity contribution is -0.123. The fourth-order valence-corrected chi connectivity index (χ4v) is 3.75. The number of benzene rings is 3. The highest BCUT2D eigenvalue weighted by Crippen LogP contribution is 2.33. The minimum atomic E-state index is -1.07. The lowest BCUT2D eigenvalue weighted by Gasteiger charge is -2.15. The van der Waals surface area contributed by atoms with Crippen molar-refractivity contribution in [3.05, 3.63) is 89.5 Å². The smallest absolute Gasteiger partial charge is 0.340 e. The van der Waals surface area contributed by atoms with E-state index in [0.29, 0.717) is 26.6 Å². The first kappa shape index (κ1) is 22.6. The van der Waals surface area contributed by atoms with Crippen molar-refractivity contribution < 1.29 is 19.1 Å². The highest BCUT2D eigenvalue weighted by Gasteiger charge is 2.21. The minimum Gasteiger partial charge on any atom is -0.449 e. The number of amides is 2. The molecule has 1 atom stereocenters. The molecule has 1 unspecified atom stereocenters. The van der Waals surface area contributed by atoms with Gasteiger partial charge in [0.2, 0.25) is 5.91 Å². The number of nitrogens with one attached hydrogen (secondary N) is 1. The van der Waals surface area contributed by atoms with Crippen LogP contribution in [0.3, 0.4) is 0 Å². The summed E-state index contributed by atoms with van der Waals surface area (Å²) in [7, 11) is 0. The van der Waals surface area contributed by atoms with Crippen LogP contribution in [-0.2, 0) is 9.53 Å². The summed E-state index contributed by atoms with van der Waals surface area (Å²) < 4.78 is 5.36. The van der Waals surface area contributed by atoms with Gasteiger partial charge in [0, 0.05) is 21.0 Å². The molecule has 0 fully saturated rings. The Balaban J connectivity index is 1.69. The molecule has 3 N–H and O–H groups in total. The summed E-state index contributed by atoms with van der Waals surface area (Å²) in [4.78, 5) is 37.7. The van der Waals surface area contributed by atoms with E-state index in [4.69, 9.17) is 10.5 Å². The van der Waals surface area contributed by atoms with Crippen molar-refractivity contribution in [3.63, 3.8) is 0 Å². The minimum absolute atomic E-state index is 0.288. The number of hydrogen-bond acceptors (Lipinski definition) is 6. The number of nitrogens with two attached hydrogens (primary N) is 1. The van der Waals surface area contributed by atoms with E-state index in [1.54, 1.807) is 42.5 Å². The Kier molecular flexibility index (Phi) is 7.26. The Bertz CT molecular complexity index is 1200. The summed E-state index contributed by atoms with van der Waals surface area (Å²) >= 11 is 1.27. The van der Waals surface area contributed by atoms with Crippen molar-refractivity contribution in [1.29, 1.82) is 5.26 Å². The molecule has 160 valence electrons. The molecular formula is C24H19N3O4S. The number of carbonyl (C=O) groups is 3. The predicted molar refractivity (Wildman–Crippen MR) is 120 cm³/mol. The fraction of sp³-hybridized carbons (Fsp3) is 0.0833. The molecule has 0 saturated heterocycles. The van der Waals surface area contributed by atoms with Gasteiger partial charge in [-0.25, -0.2) is 4.79 Å². The predicted octanol–water partition coefficient (Wildman–Crippen LogP) is 3.99. The number of nitrogens with zero attached hydrogens (tertiary/aromatic N) is 1. The fourth-order valence-electron chi connectivity index (χ4n) is 2.73. The first-order valence-electron chi connectivity index (χ1n) is 9.56. The first-order chi connectivity index (χ1) is 15.4. The molecule has 3 rings (SSSR count). The van der Waals surface area contributed by atoms with Gasteiger partial charge in [0.1, 0.15) is 6.07 Å². The molecule has 0 heterocycles. The highest BCUT2D eigenvalue weighted by atomic mass is 32.2. The molecule has 0 aromatic heterocycles. The maximum atomic E-state index is 12.8. The Hall–Kier alpha value is -4.09. The van der Waals surface area contributed by atoms with Crippen LogP contribution in [0.25, 0.3) is 0 Å². The van der Waals surface area contributed by atoms with Crippen molar-refractivity contribution in [2.75, 3.05) is 5.32 Å². The summed E-state index contributed by atoms with van der Waals surface area (Å²) in [6.45, 7) is 1.46. The maximum absolute atomic E-state index is 12.8. The van der Waals surface area contributed by atoms with Crippen molar-refractivity contribution in [3.8, 4) is 6.07 Å². The van der Waals surface area contributed by atoms with E-state index in [1.807, 2.05) is 6.07 Å². The third-order valence-electron chi connectivity index (χ3n) is 4.42. The average molecular weight is 446 g/mol.